The van der Waals surface area contributed by atoms with E-state index in [0.29, 0.717) is 12.0 Å². The molecule has 0 aliphatic heterocycles. The molecule has 1 N–H and O–H groups in total. The van der Waals surface area contributed by atoms with Crippen molar-refractivity contribution in [2.75, 3.05) is 18.5 Å². The number of rotatable bonds is 8. The van der Waals surface area contributed by atoms with Gasteiger partial charge in [-0.3, -0.25) is 0 Å². The average Bonchev–Trinajstić information content (AvgIpc) is 2.39. The van der Waals surface area contributed by atoms with Gasteiger partial charge in [0.1, 0.15) is 5.82 Å². The minimum atomic E-state index is 0.503. The lowest BCUT2D eigenvalue weighted by molar-refractivity contribution is 0.500. The third-order valence-electron chi connectivity index (χ3n) is 3.99. The molecule has 0 fully saturated rings. The van der Waals surface area contributed by atoms with Crippen LogP contribution in [0.15, 0.2) is 6.07 Å². The summed E-state index contributed by atoms with van der Waals surface area (Å²) >= 11 is 0. The zero-order valence-corrected chi connectivity index (χ0v) is 15.0. The Hall–Kier alpha value is -1.09. The molecule has 0 spiro atoms. The van der Waals surface area contributed by atoms with Crippen molar-refractivity contribution in [1.82, 2.24) is 10.3 Å². The van der Waals surface area contributed by atoms with Gasteiger partial charge in [-0.05, 0) is 57.7 Å². The molecule has 21 heavy (non-hydrogen) atoms. The molecule has 3 nitrogen and oxygen atoms in total. The second-order valence-electron chi connectivity index (χ2n) is 6.65. The van der Waals surface area contributed by atoms with Gasteiger partial charge < -0.3 is 10.2 Å². The average molecular weight is 291 g/mol. The highest BCUT2D eigenvalue weighted by Crippen LogP contribution is 2.25. The zero-order valence-electron chi connectivity index (χ0n) is 15.0. The fraction of sp³-hybridized carbons (Fsp3) is 0.722. The van der Waals surface area contributed by atoms with E-state index >= 15 is 0 Å². The van der Waals surface area contributed by atoms with Crippen molar-refractivity contribution >= 4 is 5.82 Å². The molecule has 0 saturated carbocycles. The third kappa shape index (κ3) is 5.31. The largest absolute Gasteiger partial charge is 0.357 e. The molecule has 3 heteroatoms. The first kappa shape index (κ1) is 18.0. The maximum absolute atomic E-state index is 4.83. The first-order valence-corrected chi connectivity index (χ1v) is 8.27. The van der Waals surface area contributed by atoms with Crippen LogP contribution in [0, 0.1) is 19.8 Å². The summed E-state index contributed by atoms with van der Waals surface area (Å²) in [5.41, 5.74) is 3.78. The zero-order chi connectivity index (χ0) is 16.0. The van der Waals surface area contributed by atoms with Gasteiger partial charge in [0.05, 0.1) is 0 Å². The van der Waals surface area contributed by atoms with Gasteiger partial charge >= 0.3 is 0 Å². The summed E-state index contributed by atoms with van der Waals surface area (Å²) in [7, 11) is 2.18. The van der Waals surface area contributed by atoms with Gasteiger partial charge in [-0.25, -0.2) is 4.98 Å². The minimum Gasteiger partial charge on any atom is -0.357 e. The van der Waals surface area contributed by atoms with Crippen LogP contribution in [0.5, 0.6) is 0 Å². The fourth-order valence-corrected chi connectivity index (χ4v) is 2.79. The molecule has 1 atom stereocenters. The highest BCUT2D eigenvalue weighted by atomic mass is 15.2. The van der Waals surface area contributed by atoms with E-state index in [0.717, 1.165) is 31.0 Å². The van der Waals surface area contributed by atoms with Crippen LogP contribution in [0.4, 0.5) is 5.82 Å². The number of aromatic nitrogens is 1. The van der Waals surface area contributed by atoms with Gasteiger partial charge in [0.2, 0.25) is 0 Å². The number of anilines is 1. The van der Waals surface area contributed by atoms with Gasteiger partial charge in [0, 0.05) is 30.9 Å². The molecule has 1 unspecified atom stereocenters. The first-order chi connectivity index (χ1) is 9.86. The Kier molecular flexibility index (Phi) is 7.16. The van der Waals surface area contributed by atoms with Gasteiger partial charge in [-0.15, -0.1) is 0 Å². The van der Waals surface area contributed by atoms with Crippen molar-refractivity contribution in [2.45, 2.75) is 67.0 Å². The van der Waals surface area contributed by atoms with Crippen molar-refractivity contribution in [3.63, 3.8) is 0 Å². The Morgan fingerprint density at radius 3 is 2.48 bits per heavy atom. The summed E-state index contributed by atoms with van der Waals surface area (Å²) in [6.07, 6.45) is 2.35. The van der Waals surface area contributed by atoms with Crippen molar-refractivity contribution < 1.29 is 0 Å². The van der Waals surface area contributed by atoms with Crippen LogP contribution in [0.25, 0.3) is 0 Å². The molecule has 0 aliphatic rings. The first-order valence-electron chi connectivity index (χ1n) is 8.27. The Morgan fingerprint density at radius 1 is 1.24 bits per heavy atom. The highest BCUT2D eigenvalue weighted by molar-refractivity contribution is 5.51. The summed E-state index contributed by atoms with van der Waals surface area (Å²) in [5, 5.41) is 3.52. The van der Waals surface area contributed by atoms with Crippen LogP contribution >= 0.6 is 0 Å². The van der Waals surface area contributed by atoms with Crippen LogP contribution in [-0.2, 0) is 6.54 Å². The van der Waals surface area contributed by atoms with E-state index in [2.05, 4.69) is 64.9 Å². The molecule has 0 saturated heterocycles. The molecular weight excluding hydrogens is 258 g/mol. The lowest BCUT2D eigenvalue weighted by atomic mass is 10.0. The lowest BCUT2D eigenvalue weighted by Crippen LogP contribution is -2.32. The van der Waals surface area contributed by atoms with Crippen molar-refractivity contribution in [3.8, 4) is 0 Å². The smallest absolute Gasteiger partial charge is 0.133 e. The molecule has 1 heterocycles. The Bertz CT molecular complexity index is 440. The quantitative estimate of drug-likeness (QED) is 0.732. The Balaban J connectivity index is 3.02. The predicted molar refractivity (Wildman–Crippen MR) is 93.0 cm³/mol. The van der Waals surface area contributed by atoms with Crippen LogP contribution in [0.2, 0.25) is 0 Å². The van der Waals surface area contributed by atoms with Gasteiger partial charge in [-0.2, -0.15) is 0 Å². The summed E-state index contributed by atoms with van der Waals surface area (Å²) < 4.78 is 0. The van der Waals surface area contributed by atoms with Crippen molar-refractivity contribution in [1.29, 1.82) is 0 Å². The molecule has 0 bridgehead atoms. The van der Waals surface area contributed by atoms with Gasteiger partial charge in [-0.1, -0.05) is 20.8 Å². The number of hydrogen-bond donors (Lipinski definition) is 1. The fourth-order valence-electron chi connectivity index (χ4n) is 2.79. The summed E-state index contributed by atoms with van der Waals surface area (Å²) in [6, 6.07) is 2.69. The van der Waals surface area contributed by atoms with Crippen LogP contribution in [0.1, 0.15) is 57.4 Å². The molecule has 1 aromatic heterocycles. The van der Waals surface area contributed by atoms with E-state index in [1.54, 1.807) is 0 Å². The minimum absolute atomic E-state index is 0.503. The monoisotopic (exact) mass is 291 g/mol. The van der Waals surface area contributed by atoms with E-state index in [1.807, 2.05) is 0 Å². The maximum Gasteiger partial charge on any atom is 0.133 e. The molecule has 0 amide bonds. The van der Waals surface area contributed by atoms with E-state index < -0.39 is 0 Å². The molecule has 0 aromatic carbocycles. The summed E-state index contributed by atoms with van der Waals surface area (Å²) in [4.78, 5) is 7.18. The maximum atomic E-state index is 4.83. The number of nitrogens with zero attached hydrogens (tertiary/aromatic N) is 2. The van der Waals surface area contributed by atoms with Crippen molar-refractivity contribution in [3.05, 3.63) is 22.9 Å². The topological polar surface area (TPSA) is 28.2 Å². The number of pyridine rings is 1. The molecular formula is C18H33N3. The second-order valence-corrected chi connectivity index (χ2v) is 6.65. The van der Waals surface area contributed by atoms with E-state index in [-0.39, 0.29) is 0 Å². The highest BCUT2D eigenvalue weighted by Gasteiger charge is 2.18. The molecule has 0 radical (unpaired) electrons. The molecule has 0 aliphatic carbocycles. The SMILES string of the molecule is CCCNCc1c(C)cc(C)nc1N(C)C(C)CC(C)C. The lowest BCUT2D eigenvalue weighted by Gasteiger charge is -2.30. The van der Waals surface area contributed by atoms with Gasteiger partial charge in [0.25, 0.3) is 0 Å². The van der Waals surface area contributed by atoms with E-state index in [1.165, 1.54) is 17.5 Å². The van der Waals surface area contributed by atoms with E-state index in [4.69, 9.17) is 4.98 Å². The number of hydrogen-bond acceptors (Lipinski definition) is 3. The third-order valence-corrected chi connectivity index (χ3v) is 3.99. The number of nitrogens with one attached hydrogen (secondary N) is 1. The van der Waals surface area contributed by atoms with Crippen LogP contribution in [-0.4, -0.2) is 24.6 Å². The summed E-state index contributed by atoms with van der Waals surface area (Å²) in [6.45, 7) is 15.3. The molecule has 120 valence electrons. The standard InChI is InChI=1S/C18H33N3/c1-8-9-19-12-17-14(4)11-15(5)20-18(17)21(7)16(6)10-13(2)3/h11,13,16,19H,8-10,12H2,1-7H3. The van der Waals surface area contributed by atoms with Crippen LogP contribution in [0.3, 0.4) is 0 Å². The van der Waals surface area contributed by atoms with Gasteiger partial charge in [0.15, 0.2) is 0 Å². The van der Waals surface area contributed by atoms with Crippen molar-refractivity contribution in [2.24, 2.45) is 5.92 Å². The second kappa shape index (κ2) is 8.38. The predicted octanol–water partition coefficient (Wildman–Crippen LogP) is 4.07. The Labute approximate surface area is 131 Å². The Morgan fingerprint density at radius 2 is 1.90 bits per heavy atom. The normalized spacial score (nSPS) is 12.8. The summed E-state index contributed by atoms with van der Waals surface area (Å²) in [5.74, 6) is 1.85. The van der Waals surface area contributed by atoms with Crippen LogP contribution < -0.4 is 10.2 Å². The van der Waals surface area contributed by atoms with E-state index in [9.17, 15) is 0 Å². The number of aryl methyl sites for hydroxylation is 2. The molecule has 1 rings (SSSR count). The molecule has 1 aromatic rings.